The van der Waals surface area contributed by atoms with Crippen LogP contribution >= 0.6 is 11.3 Å². The molecule has 7 nitrogen and oxygen atoms in total. The van der Waals surface area contributed by atoms with Crippen molar-refractivity contribution in [2.75, 3.05) is 5.32 Å². The van der Waals surface area contributed by atoms with Crippen molar-refractivity contribution in [1.29, 1.82) is 0 Å². The van der Waals surface area contributed by atoms with E-state index in [0.29, 0.717) is 5.01 Å². The second-order valence-corrected chi connectivity index (χ2v) is 5.10. The molecule has 9 heteroatoms. The van der Waals surface area contributed by atoms with Gasteiger partial charge in [-0.15, -0.1) is 11.3 Å². The van der Waals surface area contributed by atoms with Crippen molar-refractivity contribution in [1.82, 2.24) is 4.98 Å². The Labute approximate surface area is 122 Å². The van der Waals surface area contributed by atoms with Crippen molar-refractivity contribution in [2.45, 2.75) is 13.5 Å². The Hall–Kier alpha value is -2.55. The molecule has 0 amide bonds. The zero-order valence-corrected chi connectivity index (χ0v) is 11.6. The molecular weight excluding hydrogens is 301 g/mol. The number of nitrogens with zero attached hydrogens (tertiary/aromatic N) is 2. The number of benzene rings is 1. The molecule has 2 rings (SSSR count). The molecule has 2 N–H and O–H groups in total. The molecular formula is C12H10FN3O4S. The standard InChI is InChI=1S/C12H10FN3O4S/c1-6-2-8(10(16(19)20)3-7(6)13)14-4-11-15-9(5-21-11)12(17)18/h2-3,5,14H,4H2,1H3,(H,17,18). The Balaban J connectivity index is 2.20. The van der Waals surface area contributed by atoms with Gasteiger partial charge in [0.2, 0.25) is 0 Å². The molecule has 1 heterocycles. The number of aryl methyl sites for hydroxylation is 1. The lowest BCUT2D eigenvalue weighted by atomic mass is 10.2. The second kappa shape index (κ2) is 5.83. The number of nitro groups is 1. The highest BCUT2D eigenvalue weighted by Gasteiger charge is 2.17. The van der Waals surface area contributed by atoms with E-state index in [2.05, 4.69) is 10.3 Å². The fraction of sp³-hybridized carbons (Fsp3) is 0.167. The lowest BCUT2D eigenvalue weighted by Gasteiger charge is -2.07. The van der Waals surface area contributed by atoms with Crippen molar-refractivity contribution in [3.63, 3.8) is 0 Å². The molecule has 21 heavy (non-hydrogen) atoms. The van der Waals surface area contributed by atoms with E-state index in [0.717, 1.165) is 17.4 Å². The smallest absolute Gasteiger partial charge is 0.355 e. The van der Waals surface area contributed by atoms with Gasteiger partial charge in [0.1, 0.15) is 16.5 Å². The third kappa shape index (κ3) is 3.31. The summed E-state index contributed by atoms with van der Waals surface area (Å²) < 4.78 is 13.4. The van der Waals surface area contributed by atoms with E-state index in [1.54, 1.807) is 0 Å². The minimum absolute atomic E-state index is 0.0819. The predicted molar refractivity (Wildman–Crippen MR) is 74.2 cm³/mol. The van der Waals surface area contributed by atoms with Gasteiger partial charge in [0.15, 0.2) is 5.69 Å². The number of thiazole rings is 1. The molecule has 1 aromatic heterocycles. The maximum atomic E-state index is 13.4. The first-order valence-corrected chi connectivity index (χ1v) is 6.62. The number of aromatic carboxylic acids is 1. The van der Waals surface area contributed by atoms with E-state index in [1.807, 2.05) is 0 Å². The maximum Gasteiger partial charge on any atom is 0.355 e. The summed E-state index contributed by atoms with van der Waals surface area (Å²) >= 11 is 1.12. The first-order chi connectivity index (χ1) is 9.88. The molecule has 0 saturated carbocycles. The number of aromatic nitrogens is 1. The van der Waals surface area contributed by atoms with Crippen LogP contribution in [0.2, 0.25) is 0 Å². The Kier molecular flexibility index (Phi) is 4.13. The van der Waals surface area contributed by atoms with Crippen molar-refractivity contribution in [3.8, 4) is 0 Å². The molecule has 0 aliphatic rings. The molecule has 110 valence electrons. The Morgan fingerprint density at radius 1 is 1.57 bits per heavy atom. The van der Waals surface area contributed by atoms with E-state index in [9.17, 15) is 19.3 Å². The van der Waals surface area contributed by atoms with E-state index < -0.39 is 16.7 Å². The van der Waals surface area contributed by atoms with Crippen molar-refractivity contribution in [2.24, 2.45) is 0 Å². The molecule has 0 atom stereocenters. The van der Waals surface area contributed by atoms with Crippen LogP contribution in [0.4, 0.5) is 15.8 Å². The van der Waals surface area contributed by atoms with E-state index in [4.69, 9.17) is 5.11 Å². The summed E-state index contributed by atoms with van der Waals surface area (Å²) in [6.45, 7) is 1.61. The van der Waals surface area contributed by atoms with Crippen molar-refractivity contribution in [3.05, 3.63) is 49.7 Å². The quantitative estimate of drug-likeness (QED) is 0.649. The molecule has 0 fully saturated rings. The number of anilines is 1. The number of hydrogen-bond acceptors (Lipinski definition) is 6. The third-order valence-electron chi connectivity index (χ3n) is 2.67. The molecule has 0 saturated heterocycles. The van der Waals surface area contributed by atoms with Crippen LogP contribution in [0.15, 0.2) is 17.5 Å². The van der Waals surface area contributed by atoms with Crippen LogP contribution in [0.25, 0.3) is 0 Å². The third-order valence-corrected chi connectivity index (χ3v) is 3.52. The fourth-order valence-electron chi connectivity index (χ4n) is 1.62. The summed E-state index contributed by atoms with van der Waals surface area (Å²) in [5, 5.41) is 24.3. The SMILES string of the molecule is Cc1cc(NCc2nc(C(=O)O)cs2)c([N+](=O)[O-])cc1F. The summed E-state index contributed by atoms with van der Waals surface area (Å²) in [7, 11) is 0. The van der Waals surface area contributed by atoms with Crippen LogP contribution in [0.3, 0.4) is 0 Å². The Morgan fingerprint density at radius 3 is 2.86 bits per heavy atom. The monoisotopic (exact) mass is 311 g/mol. The molecule has 0 aliphatic heterocycles. The zero-order chi connectivity index (χ0) is 15.6. The van der Waals surface area contributed by atoms with Crippen LogP contribution in [0, 0.1) is 22.9 Å². The van der Waals surface area contributed by atoms with Gasteiger partial charge in [-0.25, -0.2) is 14.2 Å². The van der Waals surface area contributed by atoms with Gasteiger partial charge >= 0.3 is 5.97 Å². The fourth-order valence-corrected chi connectivity index (χ4v) is 2.33. The number of nitrogens with one attached hydrogen (secondary N) is 1. The Bertz CT molecular complexity index is 717. The van der Waals surface area contributed by atoms with Crippen LogP contribution < -0.4 is 5.32 Å². The van der Waals surface area contributed by atoms with Gasteiger partial charge in [-0.3, -0.25) is 10.1 Å². The summed E-state index contributed by atoms with van der Waals surface area (Å²) in [5.74, 6) is -1.80. The molecule has 0 unspecified atom stereocenters. The van der Waals surface area contributed by atoms with Crippen LogP contribution in [-0.2, 0) is 6.54 Å². The molecule has 2 aromatic rings. The number of halogens is 1. The normalized spacial score (nSPS) is 10.4. The molecule has 0 radical (unpaired) electrons. The van der Waals surface area contributed by atoms with E-state index >= 15 is 0 Å². The molecule has 1 aromatic carbocycles. The average molecular weight is 311 g/mol. The van der Waals surface area contributed by atoms with Gasteiger partial charge in [0, 0.05) is 5.38 Å². The van der Waals surface area contributed by atoms with Crippen molar-refractivity contribution >= 4 is 28.7 Å². The zero-order valence-electron chi connectivity index (χ0n) is 10.8. The van der Waals surface area contributed by atoms with E-state index in [1.165, 1.54) is 18.4 Å². The highest BCUT2D eigenvalue weighted by atomic mass is 32.1. The van der Waals surface area contributed by atoms with E-state index in [-0.39, 0.29) is 29.2 Å². The summed E-state index contributed by atoms with van der Waals surface area (Å²) in [5.41, 5.74) is -0.0332. The predicted octanol–water partition coefficient (Wildman–Crippen LogP) is 2.81. The first kappa shape index (κ1) is 14.9. The summed E-state index contributed by atoms with van der Waals surface area (Å²) in [6.07, 6.45) is 0. The lowest BCUT2D eigenvalue weighted by molar-refractivity contribution is -0.384. The summed E-state index contributed by atoms with van der Waals surface area (Å²) in [4.78, 5) is 24.8. The summed E-state index contributed by atoms with van der Waals surface area (Å²) in [6, 6.07) is 2.18. The number of carbonyl (C=O) groups is 1. The largest absolute Gasteiger partial charge is 0.476 e. The van der Waals surface area contributed by atoms with Crippen LogP contribution in [0.5, 0.6) is 0 Å². The van der Waals surface area contributed by atoms with Gasteiger partial charge in [-0.1, -0.05) is 0 Å². The highest BCUT2D eigenvalue weighted by Crippen LogP contribution is 2.28. The average Bonchev–Trinajstić information content (AvgIpc) is 2.88. The lowest BCUT2D eigenvalue weighted by Crippen LogP contribution is -2.04. The Morgan fingerprint density at radius 2 is 2.29 bits per heavy atom. The van der Waals surface area contributed by atoms with Crippen molar-refractivity contribution < 1.29 is 19.2 Å². The number of carboxylic acid groups (broad SMARTS) is 1. The maximum absolute atomic E-state index is 13.4. The second-order valence-electron chi connectivity index (χ2n) is 4.16. The minimum Gasteiger partial charge on any atom is -0.476 e. The number of rotatable bonds is 5. The van der Waals surface area contributed by atoms with Gasteiger partial charge < -0.3 is 10.4 Å². The number of nitro benzene ring substituents is 1. The molecule has 0 bridgehead atoms. The number of carboxylic acids is 1. The highest BCUT2D eigenvalue weighted by molar-refractivity contribution is 7.09. The molecule has 0 spiro atoms. The molecule has 0 aliphatic carbocycles. The van der Waals surface area contributed by atoms with Gasteiger partial charge in [-0.2, -0.15) is 0 Å². The first-order valence-electron chi connectivity index (χ1n) is 5.74. The van der Waals surface area contributed by atoms with Gasteiger partial charge in [0.25, 0.3) is 5.69 Å². The van der Waals surface area contributed by atoms with Gasteiger partial charge in [0.05, 0.1) is 17.5 Å². The number of hydrogen-bond donors (Lipinski definition) is 2. The van der Waals surface area contributed by atoms with Gasteiger partial charge in [-0.05, 0) is 18.6 Å². The topological polar surface area (TPSA) is 105 Å². The van der Waals surface area contributed by atoms with Crippen LogP contribution in [0.1, 0.15) is 21.1 Å². The van der Waals surface area contributed by atoms with Crippen LogP contribution in [-0.4, -0.2) is 21.0 Å². The minimum atomic E-state index is -1.14.